The Kier molecular flexibility index (Phi) is 3.10. The second-order valence-corrected chi connectivity index (χ2v) is 4.59. The van der Waals surface area contributed by atoms with Crippen LogP contribution in [0.1, 0.15) is 46.0 Å². The van der Waals surface area contributed by atoms with Crippen molar-refractivity contribution in [1.82, 2.24) is 0 Å². The van der Waals surface area contributed by atoms with Crippen molar-refractivity contribution in [1.29, 1.82) is 0 Å². The zero-order chi connectivity index (χ0) is 9.19. The van der Waals surface area contributed by atoms with E-state index in [0.717, 1.165) is 12.8 Å². The van der Waals surface area contributed by atoms with Gasteiger partial charge in [-0.15, -0.1) is 0 Å². The largest absolute Gasteiger partial charge is 0.328 e. The fraction of sp³-hybridized carbons (Fsp3) is 1.00. The zero-order valence-electron chi connectivity index (χ0n) is 8.15. The summed E-state index contributed by atoms with van der Waals surface area (Å²) in [4.78, 5) is 0. The summed E-state index contributed by atoms with van der Waals surface area (Å²) in [6, 6.07) is 0.251. The van der Waals surface area contributed by atoms with Gasteiger partial charge in [0.2, 0.25) is 0 Å². The smallest absolute Gasteiger partial charge is 0.111 e. The van der Waals surface area contributed by atoms with Crippen molar-refractivity contribution in [3.8, 4) is 0 Å². The maximum absolute atomic E-state index is 13.9. The molecule has 1 nitrogen and oxygen atoms in total. The molecule has 0 spiro atoms. The lowest BCUT2D eigenvalue weighted by molar-refractivity contribution is 0.0749. The molecule has 1 saturated carbocycles. The van der Waals surface area contributed by atoms with E-state index in [1.54, 1.807) is 0 Å². The third-order valence-corrected chi connectivity index (χ3v) is 2.70. The molecular formula is C10H20FN. The summed E-state index contributed by atoms with van der Waals surface area (Å²) in [6.07, 6.45) is 3.78. The van der Waals surface area contributed by atoms with Crippen molar-refractivity contribution < 1.29 is 4.39 Å². The first-order valence-electron chi connectivity index (χ1n) is 4.96. The molecular weight excluding hydrogens is 153 g/mol. The van der Waals surface area contributed by atoms with Gasteiger partial charge in [-0.25, -0.2) is 4.39 Å². The van der Waals surface area contributed by atoms with Crippen molar-refractivity contribution in [2.75, 3.05) is 0 Å². The second kappa shape index (κ2) is 3.73. The van der Waals surface area contributed by atoms with Crippen molar-refractivity contribution in [2.24, 2.45) is 11.7 Å². The average Bonchev–Trinajstić information content (AvgIpc) is 1.94. The SMILES string of the molecule is CC(C)CC1(F)CCC(N)CC1. The van der Waals surface area contributed by atoms with Gasteiger partial charge in [0.05, 0.1) is 0 Å². The van der Waals surface area contributed by atoms with Crippen molar-refractivity contribution in [2.45, 2.75) is 57.7 Å². The lowest BCUT2D eigenvalue weighted by Crippen LogP contribution is -2.36. The van der Waals surface area contributed by atoms with Gasteiger partial charge in [-0.05, 0) is 38.0 Å². The van der Waals surface area contributed by atoms with E-state index < -0.39 is 5.67 Å². The lowest BCUT2D eigenvalue weighted by atomic mass is 9.79. The molecule has 0 saturated heterocycles. The van der Waals surface area contributed by atoms with Crippen molar-refractivity contribution in [3.05, 3.63) is 0 Å². The predicted octanol–water partition coefficient (Wildman–Crippen LogP) is 2.64. The number of alkyl halides is 1. The Morgan fingerprint density at radius 1 is 1.42 bits per heavy atom. The summed E-state index contributed by atoms with van der Waals surface area (Å²) in [6.45, 7) is 4.16. The van der Waals surface area contributed by atoms with E-state index in [1.165, 1.54) is 0 Å². The number of rotatable bonds is 2. The first kappa shape index (κ1) is 9.97. The standard InChI is InChI=1S/C10H20FN/c1-8(2)7-10(11)5-3-9(12)4-6-10/h8-9H,3-7,12H2,1-2H3. The van der Waals surface area contributed by atoms with E-state index in [2.05, 4.69) is 13.8 Å². The topological polar surface area (TPSA) is 26.0 Å². The minimum absolute atomic E-state index is 0.251. The highest BCUT2D eigenvalue weighted by molar-refractivity contribution is 4.87. The lowest BCUT2D eigenvalue weighted by Gasteiger charge is -2.33. The van der Waals surface area contributed by atoms with Crippen LogP contribution in [0.2, 0.25) is 0 Å². The quantitative estimate of drug-likeness (QED) is 0.682. The van der Waals surface area contributed by atoms with Crippen LogP contribution < -0.4 is 5.73 Å². The van der Waals surface area contributed by atoms with Gasteiger partial charge in [-0.2, -0.15) is 0 Å². The molecule has 1 aliphatic carbocycles. The van der Waals surface area contributed by atoms with Crippen molar-refractivity contribution >= 4 is 0 Å². The Morgan fingerprint density at radius 2 is 1.92 bits per heavy atom. The van der Waals surface area contributed by atoms with Crippen LogP contribution >= 0.6 is 0 Å². The van der Waals surface area contributed by atoms with Gasteiger partial charge < -0.3 is 5.73 Å². The highest BCUT2D eigenvalue weighted by Crippen LogP contribution is 2.36. The molecule has 0 aromatic heterocycles. The van der Waals surface area contributed by atoms with E-state index in [4.69, 9.17) is 5.73 Å². The molecule has 0 aromatic rings. The molecule has 0 atom stereocenters. The molecule has 72 valence electrons. The fourth-order valence-electron chi connectivity index (χ4n) is 2.09. The van der Waals surface area contributed by atoms with E-state index in [9.17, 15) is 4.39 Å². The summed E-state index contributed by atoms with van der Waals surface area (Å²) in [7, 11) is 0. The van der Waals surface area contributed by atoms with Crippen LogP contribution in [-0.4, -0.2) is 11.7 Å². The van der Waals surface area contributed by atoms with Crippen molar-refractivity contribution in [3.63, 3.8) is 0 Å². The second-order valence-electron chi connectivity index (χ2n) is 4.59. The molecule has 1 aliphatic rings. The minimum Gasteiger partial charge on any atom is -0.328 e. The summed E-state index contributed by atoms with van der Waals surface area (Å²) in [5, 5.41) is 0. The fourth-order valence-corrected chi connectivity index (χ4v) is 2.09. The normalized spacial score (nSPS) is 37.2. The Morgan fingerprint density at radius 3 is 2.33 bits per heavy atom. The molecule has 0 aromatic carbocycles. The number of hydrogen-bond donors (Lipinski definition) is 1. The Balaban J connectivity index is 2.39. The first-order valence-corrected chi connectivity index (χ1v) is 4.96. The van der Waals surface area contributed by atoms with Gasteiger partial charge >= 0.3 is 0 Å². The van der Waals surface area contributed by atoms with Gasteiger partial charge in [0.25, 0.3) is 0 Å². The summed E-state index contributed by atoms with van der Waals surface area (Å²) in [5.41, 5.74) is 4.82. The zero-order valence-corrected chi connectivity index (χ0v) is 8.15. The van der Waals surface area contributed by atoms with Crippen LogP contribution in [0.15, 0.2) is 0 Å². The Bertz CT molecular complexity index is 137. The Hall–Kier alpha value is -0.110. The molecule has 2 N–H and O–H groups in total. The number of hydrogen-bond acceptors (Lipinski definition) is 1. The predicted molar refractivity (Wildman–Crippen MR) is 49.7 cm³/mol. The van der Waals surface area contributed by atoms with Crippen LogP contribution in [0, 0.1) is 5.92 Å². The van der Waals surface area contributed by atoms with Crippen LogP contribution in [0.25, 0.3) is 0 Å². The van der Waals surface area contributed by atoms with E-state index in [0.29, 0.717) is 25.2 Å². The number of halogens is 1. The number of nitrogens with two attached hydrogens (primary N) is 1. The van der Waals surface area contributed by atoms with Gasteiger partial charge in [-0.1, -0.05) is 13.8 Å². The van der Waals surface area contributed by atoms with E-state index in [1.807, 2.05) is 0 Å². The van der Waals surface area contributed by atoms with Gasteiger partial charge in [0.1, 0.15) is 5.67 Å². The van der Waals surface area contributed by atoms with Gasteiger partial charge in [0.15, 0.2) is 0 Å². The van der Waals surface area contributed by atoms with E-state index >= 15 is 0 Å². The first-order chi connectivity index (χ1) is 5.52. The molecule has 0 radical (unpaired) electrons. The Labute approximate surface area is 74.5 Å². The summed E-state index contributed by atoms with van der Waals surface area (Å²) in [5.74, 6) is 0.462. The highest BCUT2D eigenvalue weighted by Gasteiger charge is 2.34. The molecule has 2 heteroatoms. The third-order valence-electron chi connectivity index (χ3n) is 2.70. The van der Waals surface area contributed by atoms with Gasteiger partial charge in [0, 0.05) is 6.04 Å². The minimum atomic E-state index is -0.899. The average molecular weight is 173 g/mol. The molecule has 1 fully saturated rings. The van der Waals surface area contributed by atoms with E-state index in [-0.39, 0.29) is 6.04 Å². The van der Waals surface area contributed by atoms with Crippen LogP contribution in [0.3, 0.4) is 0 Å². The van der Waals surface area contributed by atoms with Crippen LogP contribution in [0.4, 0.5) is 4.39 Å². The molecule has 1 rings (SSSR count). The highest BCUT2D eigenvalue weighted by atomic mass is 19.1. The third kappa shape index (κ3) is 2.74. The van der Waals surface area contributed by atoms with Crippen LogP contribution in [-0.2, 0) is 0 Å². The maximum atomic E-state index is 13.9. The molecule has 0 unspecified atom stereocenters. The monoisotopic (exact) mass is 173 g/mol. The summed E-state index contributed by atoms with van der Waals surface area (Å²) < 4.78 is 13.9. The van der Waals surface area contributed by atoms with Gasteiger partial charge in [-0.3, -0.25) is 0 Å². The molecule has 0 bridgehead atoms. The van der Waals surface area contributed by atoms with Crippen LogP contribution in [0.5, 0.6) is 0 Å². The maximum Gasteiger partial charge on any atom is 0.111 e. The molecule has 0 heterocycles. The molecule has 12 heavy (non-hydrogen) atoms. The summed E-state index contributed by atoms with van der Waals surface area (Å²) >= 11 is 0. The molecule has 0 aliphatic heterocycles. The molecule has 0 amide bonds.